The normalized spacial score (nSPS) is 10.4. The predicted molar refractivity (Wildman–Crippen MR) is 76.7 cm³/mol. The van der Waals surface area contributed by atoms with Crippen molar-refractivity contribution in [3.05, 3.63) is 71.8 Å². The van der Waals surface area contributed by atoms with Crippen molar-refractivity contribution in [3.63, 3.8) is 0 Å². The quantitative estimate of drug-likeness (QED) is 0.796. The summed E-state index contributed by atoms with van der Waals surface area (Å²) in [5, 5.41) is 14.0. The average Bonchev–Trinajstić information content (AvgIpc) is 3.02. The van der Waals surface area contributed by atoms with Crippen LogP contribution in [0.25, 0.3) is 5.69 Å². The second-order valence-electron chi connectivity index (χ2n) is 4.54. The zero-order valence-electron chi connectivity index (χ0n) is 11.5. The number of carbonyl (C=O) groups excluding carboxylic acids is 1. The fourth-order valence-electron chi connectivity index (χ4n) is 1.98. The van der Waals surface area contributed by atoms with Gasteiger partial charge in [0.25, 0.3) is 5.91 Å². The molecule has 0 bridgehead atoms. The van der Waals surface area contributed by atoms with E-state index < -0.39 is 0 Å². The topological polar surface area (TPSA) is 72.7 Å². The zero-order valence-corrected chi connectivity index (χ0v) is 11.5. The van der Waals surface area contributed by atoms with Gasteiger partial charge in [-0.1, -0.05) is 24.3 Å². The summed E-state index contributed by atoms with van der Waals surface area (Å²) in [5.74, 6) is -0.198. The highest BCUT2D eigenvalue weighted by atomic mass is 19.1. The number of nitrogens with one attached hydrogen (secondary N) is 1. The highest BCUT2D eigenvalue weighted by Gasteiger charge is 2.11. The van der Waals surface area contributed by atoms with Crippen LogP contribution in [0.15, 0.2) is 54.6 Å². The minimum atomic E-state index is -0.382. The van der Waals surface area contributed by atoms with Crippen LogP contribution in [-0.4, -0.2) is 26.1 Å². The second-order valence-corrected chi connectivity index (χ2v) is 4.54. The fraction of sp³-hybridized carbons (Fsp3) is 0.0667. The van der Waals surface area contributed by atoms with E-state index in [2.05, 4.69) is 20.8 Å². The molecule has 0 unspecified atom stereocenters. The molecule has 0 aliphatic heterocycles. The Labute approximate surface area is 125 Å². The molecule has 22 heavy (non-hydrogen) atoms. The Kier molecular flexibility index (Phi) is 3.86. The van der Waals surface area contributed by atoms with Crippen molar-refractivity contribution in [2.45, 2.75) is 6.54 Å². The minimum Gasteiger partial charge on any atom is -0.345 e. The van der Waals surface area contributed by atoms with Gasteiger partial charge >= 0.3 is 0 Å². The number of amides is 1. The molecule has 1 aromatic heterocycles. The molecule has 0 radical (unpaired) electrons. The van der Waals surface area contributed by atoms with E-state index in [4.69, 9.17) is 0 Å². The van der Waals surface area contributed by atoms with E-state index in [-0.39, 0.29) is 18.3 Å². The third kappa shape index (κ3) is 2.98. The summed E-state index contributed by atoms with van der Waals surface area (Å²) >= 11 is 0. The Morgan fingerprint density at radius 1 is 1.14 bits per heavy atom. The van der Waals surface area contributed by atoms with Crippen LogP contribution in [0.3, 0.4) is 0 Å². The lowest BCUT2D eigenvalue weighted by Gasteiger charge is -2.06. The van der Waals surface area contributed by atoms with Crippen molar-refractivity contribution in [1.29, 1.82) is 0 Å². The molecule has 2 aromatic carbocycles. The van der Waals surface area contributed by atoms with Crippen LogP contribution in [0.1, 0.15) is 16.2 Å². The summed E-state index contributed by atoms with van der Waals surface area (Å²) in [6, 6.07) is 14.7. The lowest BCUT2D eigenvalue weighted by atomic mass is 10.2. The lowest BCUT2D eigenvalue weighted by molar-refractivity contribution is 0.0949. The molecular weight excluding hydrogens is 285 g/mol. The van der Waals surface area contributed by atoms with Crippen LogP contribution >= 0.6 is 0 Å². The van der Waals surface area contributed by atoms with Crippen molar-refractivity contribution < 1.29 is 9.18 Å². The maximum atomic E-state index is 13.3. The molecule has 0 aliphatic carbocycles. The Morgan fingerprint density at radius 2 is 1.95 bits per heavy atom. The molecule has 0 saturated carbocycles. The van der Waals surface area contributed by atoms with Gasteiger partial charge in [-0.05, 0) is 40.8 Å². The van der Waals surface area contributed by atoms with Crippen LogP contribution in [0.5, 0.6) is 0 Å². The number of halogens is 1. The number of hydrogen-bond donors (Lipinski definition) is 1. The fourth-order valence-corrected chi connectivity index (χ4v) is 1.98. The highest BCUT2D eigenvalue weighted by molar-refractivity contribution is 5.93. The SMILES string of the molecule is O=C(NCc1nnnn1-c1cccc(F)c1)c1ccccc1. The molecule has 1 amide bonds. The molecule has 1 N–H and O–H groups in total. The lowest BCUT2D eigenvalue weighted by Crippen LogP contribution is -2.24. The second kappa shape index (κ2) is 6.13. The van der Waals surface area contributed by atoms with Gasteiger partial charge in [-0.25, -0.2) is 4.39 Å². The van der Waals surface area contributed by atoms with Gasteiger partial charge in [0.1, 0.15) is 5.82 Å². The smallest absolute Gasteiger partial charge is 0.251 e. The molecular formula is C15H12FN5O. The molecule has 0 spiro atoms. The molecule has 6 nitrogen and oxygen atoms in total. The van der Waals surface area contributed by atoms with Gasteiger partial charge in [-0.2, -0.15) is 4.68 Å². The summed E-state index contributed by atoms with van der Waals surface area (Å²) in [7, 11) is 0. The molecule has 0 fully saturated rings. The van der Waals surface area contributed by atoms with Gasteiger partial charge in [0, 0.05) is 5.56 Å². The number of benzene rings is 2. The largest absolute Gasteiger partial charge is 0.345 e. The molecule has 0 atom stereocenters. The van der Waals surface area contributed by atoms with Crippen LogP contribution in [-0.2, 0) is 6.54 Å². The first kappa shape index (κ1) is 13.9. The maximum Gasteiger partial charge on any atom is 0.251 e. The van der Waals surface area contributed by atoms with Crippen LogP contribution < -0.4 is 5.32 Å². The number of aromatic nitrogens is 4. The van der Waals surface area contributed by atoms with E-state index in [1.54, 1.807) is 36.4 Å². The van der Waals surface area contributed by atoms with Crippen LogP contribution in [0.4, 0.5) is 4.39 Å². The standard InChI is InChI=1S/C15H12FN5O/c16-12-7-4-8-13(9-12)21-14(18-19-20-21)10-17-15(22)11-5-2-1-3-6-11/h1-9H,10H2,(H,17,22). The Bertz CT molecular complexity index is 787. The molecule has 110 valence electrons. The van der Waals surface area contributed by atoms with Gasteiger partial charge in [-0.15, -0.1) is 5.10 Å². The Balaban J connectivity index is 1.75. The molecule has 3 rings (SSSR count). The number of tetrazole rings is 1. The van der Waals surface area contributed by atoms with Crippen molar-refractivity contribution in [2.24, 2.45) is 0 Å². The number of hydrogen-bond acceptors (Lipinski definition) is 4. The Morgan fingerprint density at radius 3 is 2.73 bits per heavy atom. The third-order valence-electron chi connectivity index (χ3n) is 3.03. The van der Waals surface area contributed by atoms with Gasteiger partial charge < -0.3 is 5.32 Å². The van der Waals surface area contributed by atoms with Gasteiger partial charge in [-0.3, -0.25) is 4.79 Å². The molecule has 0 aliphatic rings. The van der Waals surface area contributed by atoms with Crippen molar-refractivity contribution in [1.82, 2.24) is 25.5 Å². The summed E-state index contributed by atoms with van der Waals surface area (Å²) < 4.78 is 14.7. The highest BCUT2D eigenvalue weighted by Crippen LogP contribution is 2.09. The van der Waals surface area contributed by atoms with Crippen LogP contribution in [0.2, 0.25) is 0 Å². The predicted octanol–water partition coefficient (Wildman–Crippen LogP) is 1.73. The molecule has 3 aromatic rings. The monoisotopic (exact) mass is 297 g/mol. The zero-order chi connectivity index (χ0) is 15.4. The van der Waals surface area contributed by atoms with Crippen LogP contribution in [0, 0.1) is 5.82 Å². The molecule has 7 heteroatoms. The third-order valence-corrected chi connectivity index (χ3v) is 3.03. The van der Waals surface area contributed by atoms with Crippen molar-refractivity contribution in [3.8, 4) is 5.69 Å². The number of rotatable bonds is 4. The minimum absolute atomic E-state index is 0.136. The van der Waals surface area contributed by atoms with Crippen molar-refractivity contribution in [2.75, 3.05) is 0 Å². The van der Waals surface area contributed by atoms with E-state index in [1.165, 1.54) is 16.8 Å². The van der Waals surface area contributed by atoms with E-state index >= 15 is 0 Å². The summed E-state index contributed by atoms with van der Waals surface area (Å²) in [6.45, 7) is 0.136. The first-order valence-corrected chi connectivity index (χ1v) is 6.60. The first-order chi connectivity index (χ1) is 10.7. The Hall–Kier alpha value is -3.09. The summed E-state index contributed by atoms with van der Waals surface area (Å²) in [4.78, 5) is 12.0. The van der Waals surface area contributed by atoms with Crippen molar-refractivity contribution >= 4 is 5.91 Å². The van der Waals surface area contributed by atoms with Gasteiger partial charge in [0.15, 0.2) is 5.82 Å². The molecule has 0 saturated heterocycles. The van der Waals surface area contributed by atoms with E-state index in [9.17, 15) is 9.18 Å². The van der Waals surface area contributed by atoms with E-state index in [0.29, 0.717) is 17.1 Å². The first-order valence-electron chi connectivity index (χ1n) is 6.60. The average molecular weight is 297 g/mol. The maximum absolute atomic E-state index is 13.3. The van der Waals surface area contributed by atoms with E-state index in [0.717, 1.165) is 0 Å². The molecule has 1 heterocycles. The summed E-state index contributed by atoms with van der Waals surface area (Å²) in [6.07, 6.45) is 0. The van der Waals surface area contributed by atoms with E-state index in [1.807, 2.05) is 6.07 Å². The summed E-state index contributed by atoms with van der Waals surface area (Å²) in [5.41, 5.74) is 1.04. The van der Waals surface area contributed by atoms with Gasteiger partial charge in [0.2, 0.25) is 0 Å². The number of carbonyl (C=O) groups is 1. The number of nitrogens with zero attached hydrogens (tertiary/aromatic N) is 4. The van der Waals surface area contributed by atoms with Gasteiger partial charge in [0.05, 0.1) is 12.2 Å².